The highest BCUT2D eigenvalue weighted by Crippen LogP contribution is 2.32. The second-order valence-electron chi connectivity index (χ2n) is 8.70. The SMILES string of the molecule is CC(C)(c1ccc(Cl)cc1)c1nc(-c2cn(Cc3ccc(F)cc3)c3ccccc3c2=O)no1. The quantitative estimate of drug-likeness (QED) is 0.304. The molecule has 0 bridgehead atoms. The maximum absolute atomic E-state index is 13.4. The van der Waals surface area contributed by atoms with E-state index in [-0.39, 0.29) is 17.1 Å². The number of pyridine rings is 1. The second kappa shape index (κ2) is 8.54. The average Bonchev–Trinajstić information content (AvgIpc) is 3.34. The summed E-state index contributed by atoms with van der Waals surface area (Å²) in [6, 6.07) is 21.1. The molecule has 0 amide bonds. The molecule has 2 aromatic heterocycles. The van der Waals surface area contributed by atoms with Gasteiger partial charge in [0, 0.05) is 23.2 Å². The van der Waals surface area contributed by atoms with Crippen LogP contribution >= 0.6 is 11.6 Å². The molecular formula is C27H21ClFN3O2. The smallest absolute Gasteiger partial charge is 0.237 e. The maximum atomic E-state index is 13.4. The Labute approximate surface area is 200 Å². The van der Waals surface area contributed by atoms with Crippen LogP contribution in [0.4, 0.5) is 4.39 Å². The molecule has 0 N–H and O–H groups in total. The molecule has 170 valence electrons. The Kier molecular flexibility index (Phi) is 5.54. The van der Waals surface area contributed by atoms with E-state index < -0.39 is 5.41 Å². The Balaban J connectivity index is 1.60. The molecule has 0 atom stereocenters. The van der Waals surface area contributed by atoms with Crippen molar-refractivity contribution in [1.29, 1.82) is 0 Å². The van der Waals surface area contributed by atoms with Crippen molar-refractivity contribution < 1.29 is 8.91 Å². The van der Waals surface area contributed by atoms with Crippen LogP contribution in [0.1, 0.15) is 30.9 Å². The summed E-state index contributed by atoms with van der Waals surface area (Å²) in [5.74, 6) is 0.319. The molecule has 5 nitrogen and oxygen atoms in total. The van der Waals surface area contributed by atoms with Gasteiger partial charge in [-0.1, -0.05) is 53.2 Å². The Hall–Kier alpha value is -3.77. The lowest BCUT2D eigenvalue weighted by Crippen LogP contribution is -2.19. The number of nitrogens with zero attached hydrogens (tertiary/aromatic N) is 3. The van der Waals surface area contributed by atoms with E-state index in [4.69, 9.17) is 16.1 Å². The number of benzene rings is 3. The van der Waals surface area contributed by atoms with Crippen molar-refractivity contribution in [3.63, 3.8) is 0 Å². The highest BCUT2D eigenvalue weighted by molar-refractivity contribution is 6.30. The highest BCUT2D eigenvalue weighted by Gasteiger charge is 2.30. The first-order chi connectivity index (χ1) is 16.3. The Morgan fingerprint density at radius 2 is 1.71 bits per heavy atom. The summed E-state index contributed by atoms with van der Waals surface area (Å²) in [4.78, 5) is 18.0. The third kappa shape index (κ3) is 4.01. The predicted molar refractivity (Wildman–Crippen MR) is 131 cm³/mol. The Morgan fingerprint density at radius 1 is 1.00 bits per heavy atom. The largest absolute Gasteiger partial charge is 0.342 e. The molecular weight excluding hydrogens is 453 g/mol. The zero-order valence-corrected chi connectivity index (χ0v) is 19.4. The molecule has 0 spiro atoms. The molecule has 3 aromatic carbocycles. The zero-order valence-electron chi connectivity index (χ0n) is 18.6. The summed E-state index contributed by atoms with van der Waals surface area (Å²) in [6.07, 6.45) is 1.73. The van der Waals surface area contributed by atoms with Gasteiger partial charge in [0.1, 0.15) is 5.82 Å². The van der Waals surface area contributed by atoms with Crippen molar-refractivity contribution in [2.75, 3.05) is 0 Å². The van der Waals surface area contributed by atoms with Gasteiger partial charge in [0.15, 0.2) is 0 Å². The van der Waals surface area contributed by atoms with Crippen LogP contribution in [0, 0.1) is 5.82 Å². The topological polar surface area (TPSA) is 60.9 Å². The van der Waals surface area contributed by atoms with Gasteiger partial charge in [-0.2, -0.15) is 4.98 Å². The summed E-state index contributed by atoms with van der Waals surface area (Å²) < 4.78 is 20.9. The fourth-order valence-corrected chi connectivity index (χ4v) is 4.12. The molecule has 0 radical (unpaired) electrons. The predicted octanol–water partition coefficient (Wildman–Crippen LogP) is 6.22. The molecule has 0 unspecified atom stereocenters. The minimum Gasteiger partial charge on any atom is -0.342 e. The number of halogens is 2. The van der Waals surface area contributed by atoms with Crippen molar-refractivity contribution in [2.24, 2.45) is 0 Å². The molecule has 0 aliphatic rings. The zero-order chi connectivity index (χ0) is 23.9. The second-order valence-corrected chi connectivity index (χ2v) is 9.13. The molecule has 34 heavy (non-hydrogen) atoms. The fraction of sp³-hybridized carbons (Fsp3) is 0.148. The van der Waals surface area contributed by atoms with Crippen molar-refractivity contribution in [3.8, 4) is 11.4 Å². The van der Waals surface area contributed by atoms with Crippen LogP contribution in [0.5, 0.6) is 0 Å². The van der Waals surface area contributed by atoms with E-state index >= 15 is 0 Å². The van der Waals surface area contributed by atoms with Gasteiger partial charge in [-0.05, 0) is 61.4 Å². The first-order valence-electron chi connectivity index (χ1n) is 10.8. The minimum absolute atomic E-state index is 0.178. The van der Waals surface area contributed by atoms with E-state index in [1.165, 1.54) is 12.1 Å². The molecule has 0 fully saturated rings. The van der Waals surface area contributed by atoms with Gasteiger partial charge in [0.05, 0.1) is 16.5 Å². The van der Waals surface area contributed by atoms with Gasteiger partial charge in [-0.3, -0.25) is 4.79 Å². The Bertz CT molecular complexity index is 1540. The molecule has 0 aliphatic heterocycles. The number of aromatic nitrogens is 3. The number of hydrogen-bond donors (Lipinski definition) is 0. The summed E-state index contributed by atoms with van der Waals surface area (Å²) in [6.45, 7) is 4.40. The van der Waals surface area contributed by atoms with E-state index in [1.807, 2.05) is 60.9 Å². The third-order valence-corrected chi connectivity index (χ3v) is 6.27. The molecule has 0 aliphatic carbocycles. The molecule has 2 heterocycles. The van der Waals surface area contributed by atoms with E-state index in [1.54, 1.807) is 24.4 Å². The highest BCUT2D eigenvalue weighted by atomic mass is 35.5. The summed E-state index contributed by atoms with van der Waals surface area (Å²) in [5.41, 5.74) is 2.20. The van der Waals surface area contributed by atoms with Gasteiger partial charge in [-0.15, -0.1) is 0 Å². The normalized spacial score (nSPS) is 11.8. The maximum Gasteiger partial charge on any atom is 0.237 e. The van der Waals surface area contributed by atoms with Gasteiger partial charge in [-0.25, -0.2) is 4.39 Å². The van der Waals surface area contributed by atoms with Crippen LogP contribution in [0.15, 0.2) is 88.3 Å². The van der Waals surface area contributed by atoms with Gasteiger partial charge < -0.3 is 9.09 Å². The molecule has 5 aromatic rings. The Morgan fingerprint density at radius 3 is 2.44 bits per heavy atom. The van der Waals surface area contributed by atoms with E-state index in [0.717, 1.165) is 16.6 Å². The standard InChI is InChI=1S/C27H21ClFN3O2/c1-27(2,18-9-11-19(28)12-10-18)26-30-25(31-34-26)22-16-32(15-17-7-13-20(29)14-8-17)23-6-4-3-5-21(23)24(22)33/h3-14,16H,15H2,1-2H3. The third-order valence-electron chi connectivity index (χ3n) is 6.02. The summed E-state index contributed by atoms with van der Waals surface area (Å²) in [7, 11) is 0. The van der Waals surface area contributed by atoms with Gasteiger partial charge >= 0.3 is 0 Å². The van der Waals surface area contributed by atoms with Gasteiger partial charge in [0.25, 0.3) is 0 Å². The van der Waals surface area contributed by atoms with Crippen LogP contribution in [0.25, 0.3) is 22.3 Å². The number of rotatable bonds is 5. The number of fused-ring (bicyclic) bond motifs is 1. The van der Waals surface area contributed by atoms with E-state index in [2.05, 4.69) is 10.1 Å². The number of hydrogen-bond acceptors (Lipinski definition) is 4. The van der Waals surface area contributed by atoms with Crippen molar-refractivity contribution in [1.82, 2.24) is 14.7 Å². The van der Waals surface area contributed by atoms with Crippen LogP contribution in [0.3, 0.4) is 0 Å². The van der Waals surface area contributed by atoms with Crippen LogP contribution in [-0.4, -0.2) is 14.7 Å². The van der Waals surface area contributed by atoms with Crippen LogP contribution in [0.2, 0.25) is 5.02 Å². The van der Waals surface area contributed by atoms with Crippen molar-refractivity contribution >= 4 is 22.5 Å². The first kappa shape index (κ1) is 22.0. The molecule has 0 saturated carbocycles. The van der Waals surface area contributed by atoms with Crippen molar-refractivity contribution in [3.05, 3.63) is 117 Å². The minimum atomic E-state index is -0.584. The lowest BCUT2D eigenvalue weighted by atomic mass is 9.84. The first-order valence-corrected chi connectivity index (χ1v) is 11.2. The summed E-state index contributed by atoms with van der Waals surface area (Å²) >= 11 is 6.03. The van der Waals surface area contributed by atoms with Crippen molar-refractivity contribution in [2.45, 2.75) is 25.8 Å². The van der Waals surface area contributed by atoms with E-state index in [9.17, 15) is 9.18 Å². The lowest BCUT2D eigenvalue weighted by molar-refractivity contribution is 0.333. The van der Waals surface area contributed by atoms with E-state index in [0.29, 0.717) is 28.4 Å². The van der Waals surface area contributed by atoms with Crippen LogP contribution < -0.4 is 5.43 Å². The fourth-order valence-electron chi connectivity index (χ4n) is 4.00. The lowest BCUT2D eigenvalue weighted by Gasteiger charge is -2.20. The van der Waals surface area contributed by atoms with Crippen LogP contribution in [-0.2, 0) is 12.0 Å². The van der Waals surface area contributed by atoms with Gasteiger partial charge in [0.2, 0.25) is 17.1 Å². The molecule has 5 rings (SSSR count). The molecule has 0 saturated heterocycles. The summed E-state index contributed by atoms with van der Waals surface area (Å²) in [5, 5.41) is 5.34. The molecule has 7 heteroatoms. The monoisotopic (exact) mass is 473 g/mol. The average molecular weight is 474 g/mol. The number of para-hydroxylation sites is 1.